The second-order valence-corrected chi connectivity index (χ2v) is 6.03. The fourth-order valence-corrected chi connectivity index (χ4v) is 2.53. The highest BCUT2D eigenvalue weighted by Crippen LogP contribution is 2.29. The third-order valence-electron chi connectivity index (χ3n) is 3.80. The molecule has 0 aliphatic heterocycles. The Balaban J connectivity index is 1.97. The first-order valence-corrected chi connectivity index (χ1v) is 9.64. The summed E-state index contributed by atoms with van der Waals surface area (Å²) in [6.07, 6.45) is 4.31. The van der Waals surface area contributed by atoms with E-state index in [2.05, 4.69) is 11.4 Å². The van der Waals surface area contributed by atoms with Gasteiger partial charge in [-0.15, -0.1) is 0 Å². The Bertz CT molecular complexity index is 871. The molecule has 6 heteroatoms. The lowest BCUT2D eigenvalue weighted by Gasteiger charge is -2.11. The number of nitrogens with zero attached hydrogens (tertiary/aromatic N) is 1. The third kappa shape index (κ3) is 7.59. The lowest BCUT2D eigenvalue weighted by Crippen LogP contribution is -2.08. The van der Waals surface area contributed by atoms with Gasteiger partial charge in [-0.25, -0.2) is 0 Å². The molecule has 0 aromatic heterocycles. The van der Waals surface area contributed by atoms with Crippen LogP contribution in [-0.2, 0) is 4.79 Å². The lowest BCUT2D eigenvalue weighted by molar-refractivity contribution is -0.111. The number of ether oxygens (including phenoxy) is 3. The van der Waals surface area contributed by atoms with Gasteiger partial charge in [0.1, 0.15) is 5.75 Å². The minimum Gasteiger partial charge on any atom is -0.493 e. The van der Waals surface area contributed by atoms with E-state index in [-0.39, 0.29) is 5.91 Å². The summed E-state index contributed by atoms with van der Waals surface area (Å²) >= 11 is 0. The van der Waals surface area contributed by atoms with Crippen molar-refractivity contribution in [3.8, 4) is 23.3 Å². The van der Waals surface area contributed by atoms with Gasteiger partial charge in [0, 0.05) is 24.3 Å². The van der Waals surface area contributed by atoms with Crippen LogP contribution in [0.3, 0.4) is 0 Å². The molecule has 0 aliphatic rings. The Hall–Kier alpha value is -3.46. The van der Waals surface area contributed by atoms with E-state index in [0.29, 0.717) is 55.6 Å². The summed E-state index contributed by atoms with van der Waals surface area (Å²) in [6.45, 7) is 5.37. The first-order valence-electron chi connectivity index (χ1n) is 9.64. The van der Waals surface area contributed by atoms with Gasteiger partial charge in [-0.2, -0.15) is 5.26 Å². The maximum atomic E-state index is 12.2. The normalized spacial score (nSPS) is 10.4. The molecule has 0 fully saturated rings. The van der Waals surface area contributed by atoms with Crippen LogP contribution in [0.2, 0.25) is 0 Å². The van der Waals surface area contributed by atoms with Gasteiger partial charge in [0.25, 0.3) is 0 Å². The smallest absolute Gasteiger partial charge is 0.248 e. The van der Waals surface area contributed by atoms with E-state index >= 15 is 0 Å². The molecule has 0 aliphatic carbocycles. The van der Waals surface area contributed by atoms with Crippen molar-refractivity contribution in [1.82, 2.24) is 0 Å². The van der Waals surface area contributed by atoms with Gasteiger partial charge in [-0.05, 0) is 56.2 Å². The van der Waals surface area contributed by atoms with Crippen LogP contribution in [0, 0.1) is 11.3 Å². The molecule has 0 heterocycles. The summed E-state index contributed by atoms with van der Waals surface area (Å²) in [5.41, 5.74) is 1.47. The Morgan fingerprint density at radius 3 is 2.62 bits per heavy atom. The highest BCUT2D eigenvalue weighted by atomic mass is 16.5. The summed E-state index contributed by atoms with van der Waals surface area (Å²) in [6, 6.07) is 14.8. The molecule has 152 valence electrons. The molecule has 2 rings (SSSR count). The zero-order valence-corrected chi connectivity index (χ0v) is 16.8. The van der Waals surface area contributed by atoms with Gasteiger partial charge < -0.3 is 19.5 Å². The average Bonchev–Trinajstić information content (AvgIpc) is 2.72. The van der Waals surface area contributed by atoms with Crippen molar-refractivity contribution >= 4 is 17.7 Å². The highest BCUT2D eigenvalue weighted by Gasteiger charge is 2.05. The highest BCUT2D eigenvalue weighted by molar-refractivity contribution is 6.02. The fourth-order valence-electron chi connectivity index (χ4n) is 2.53. The first-order chi connectivity index (χ1) is 14.2. The van der Waals surface area contributed by atoms with Crippen molar-refractivity contribution in [3.05, 3.63) is 54.1 Å². The molecule has 0 saturated carbocycles. The molecule has 0 radical (unpaired) electrons. The van der Waals surface area contributed by atoms with Crippen molar-refractivity contribution < 1.29 is 19.0 Å². The minimum atomic E-state index is -0.251. The predicted molar refractivity (Wildman–Crippen MR) is 113 cm³/mol. The number of amides is 1. The number of unbranched alkanes of at least 4 members (excludes halogenated alkanes) is 1. The van der Waals surface area contributed by atoms with E-state index in [0.717, 1.165) is 5.56 Å². The molecule has 1 amide bonds. The summed E-state index contributed by atoms with van der Waals surface area (Å²) in [7, 11) is 0. The van der Waals surface area contributed by atoms with Crippen LogP contribution in [0.15, 0.2) is 48.5 Å². The van der Waals surface area contributed by atoms with Gasteiger partial charge in [0.15, 0.2) is 11.5 Å². The Morgan fingerprint density at radius 2 is 1.86 bits per heavy atom. The molecule has 0 spiro atoms. The molecule has 0 saturated heterocycles. The number of anilines is 1. The van der Waals surface area contributed by atoms with Gasteiger partial charge in [0.2, 0.25) is 5.91 Å². The van der Waals surface area contributed by atoms with Crippen molar-refractivity contribution in [2.45, 2.75) is 26.7 Å². The summed E-state index contributed by atoms with van der Waals surface area (Å²) < 4.78 is 16.7. The van der Waals surface area contributed by atoms with Crippen LogP contribution in [0.5, 0.6) is 17.2 Å². The minimum absolute atomic E-state index is 0.251. The number of nitriles is 1. The van der Waals surface area contributed by atoms with E-state index in [1.54, 1.807) is 24.3 Å². The summed E-state index contributed by atoms with van der Waals surface area (Å²) in [5, 5.41) is 11.4. The van der Waals surface area contributed by atoms with E-state index in [1.165, 1.54) is 6.08 Å². The monoisotopic (exact) mass is 394 g/mol. The zero-order valence-electron chi connectivity index (χ0n) is 16.8. The lowest BCUT2D eigenvalue weighted by atomic mass is 10.2. The Labute approximate surface area is 171 Å². The van der Waals surface area contributed by atoms with E-state index < -0.39 is 0 Å². The van der Waals surface area contributed by atoms with E-state index in [1.807, 2.05) is 38.1 Å². The molecule has 0 unspecified atom stereocenters. The second kappa shape index (κ2) is 12.1. The Kier molecular flexibility index (Phi) is 9.10. The van der Waals surface area contributed by atoms with E-state index in [4.69, 9.17) is 19.5 Å². The topological polar surface area (TPSA) is 80.6 Å². The zero-order chi connectivity index (χ0) is 20.9. The number of carbonyl (C=O) groups excluding carboxylic acids is 1. The average molecular weight is 394 g/mol. The molecule has 1 N–H and O–H groups in total. The SMILES string of the molecule is CCOc1ccc(/C=C/C(=O)Nc2cccc(OCCCC#N)c2)cc1OCC. The molecule has 0 atom stereocenters. The number of nitrogens with one attached hydrogen (secondary N) is 1. The van der Waals surface area contributed by atoms with E-state index in [9.17, 15) is 4.79 Å². The van der Waals surface area contributed by atoms with Crippen LogP contribution in [-0.4, -0.2) is 25.7 Å². The standard InChI is InChI=1S/C23H26N2O4/c1-3-27-21-12-10-18(16-22(21)28-4-2)11-13-23(26)25-19-8-7-9-20(17-19)29-15-6-5-14-24/h7-13,16-17H,3-6,15H2,1-2H3,(H,25,26)/b13-11+. The third-order valence-corrected chi connectivity index (χ3v) is 3.80. The first kappa shape index (κ1) is 21.8. The largest absolute Gasteiger partial charge is 0.493 e. The number of carbonyl (C=O) groups is 1. The molecule has 2 aromatic carbocycles. The maximum Gasteiger partial charge on any atom is 0.248 e. The fraction of sp³-hybridized carbons (Fsp3) is 0.304. The molecular formula is C23H26N2O4. The van der Waals surface area contributed by atoms with Crippen LogP contribution < -0.4 is 19.5 Å². The Morgan fingerprint density at radius 1 is 1.07 bits per heavy atom. The number of hydrogen-bond acceptors (Lipinski definition) is 5. The maximum absolute atomic E-state index is 12.2. The van der Waals surface area contributed by atoms with Crippen molar-refractivity contribution in [2.75, 3.05) is 25.1 Å². The quantitative estimate of drug-likeness (QED) is 0.437. The van der Waals surface area contributed by atoms with Crippen molar-refractivity contribution in [3.63, 3.8) is 0 Å². The summed E-state index contributed by atoms with van der Waals surface area (Å²) in [5.74, 6) is 1.73. The van der Waals surface area contributed by atoms with Crippen LogP contribution >= 0.6 is 0 Å². The molecule has 6 nitrogen and oxygen atoms in total. The van der Waals surface area contributed by atoms with Gasteiger partial charge in [-0.1, -0.05) is 12.1 Å². The molecule has 2 aromatic rings. The molecule has 0 bridgehead atoms. The number of benzene rings is 2. The number of hydrogen-bond donors (Lipinski definition) is 1. The second-order valence-electron chi connectivity index (χ2n) is 6.03. The van der Waals surface area contributed by atoms with Gasteiger partial charge in [0.05, 0.1) is 25.9 Å². The summed E-state index contributed by atoms with van der Waals surface area (Å²) in [4.78, 5) is 12.2. The van der Waals surface area contributed by atoms with Crippen LogP contribution in [0.25, 0.3) is 6.08 Å². The number of rotatable bonds is 11. The van der Waals surface area contributed by atoms with Gasteiger partial charge >= 0.3 is 0 Å². The van der Waals surface area contributed by atoms with Crippen molar-refractivity contribution in [1.29, 1.82) is 5.26 Å². The van der Waals surface area contributed by atoms with Crippen LogP contribution in [0.4, 0.5) is 5.69 Å². The van der Waals surface area contributed by atoms with Crippen LogP contribution in [0.1, 0.15) is 32.3 Å². The molecule has 29 heavy (non-hydrogen) atoms. The van der Waals surface area contributed by atoms with Crippen molar-refractivity contribution in [2.24, 2.45) is 0 Å². The van der Waals surface area contributed by atoms with Gasteiger partial charge in [-0.3, -0.25) is 4.79 Å². The predicted octanol–water partition coefficient (Wildman–Crippen LogP) is 4.82. The molecular weight excluding hydrogens is 368 g/mol.